The minimum atomic E-state index is 0.557. The first-order chi connectivity index (χ1) is 5.27. The van der Waals surface area contributed by atoms with Crippen LogP contribution in [0.5, 0.6) is 0 Å². The van der Waals surface area contributed by atoms with Gasteiger partial charge in [-0.05, 0) is 18.2 Å². The van der Waals surface area contributed by atoms with E-state index in [1.807, 2.05) is 18.2 Å². The second kappa shape index (κ2) is 2.27. The van der Waals surface area contributed by atoms with Crippen molar-refractivity contribution in [3.63, 3.8) is 0 Å². The van der Waals surface area contributed by atoms with Gasteiger partial charge >= 0.3 is 0 Å². The van der Waals surface area contributed by atoms with Crippen molar-refractivity contribution in [2.45, 2.75) is 0 Å². The van der Waals surface area contributed by atoms with Crippen molar-refractivity contribution in [1.82, 2.24) is 0 Å². The van der Waals surface area contributed by atoms with Crippen molar-refractivity contribution in [2.24, 2.45) is 0 Å². The number of halogens is 1. The van der Waals surface area contributed by atoms with Crippen molar-refractivity contribution in [3.05, 3.63) is 28.9 Å². The zero-order valence-corrected chi connectivity index (χ0v) is 7.18. The van der Waals surface area contributed by atoms with Gasteiger partial charge in [-0.25, -0.2) is 0 Å². The third-order valence-corrected chi connectivity index (χ3v) is 2.00. The van der Waals surface area contributed by atoms with E-state index in [9.17, 15) is 0 Å². The fourth-order valence-corrected chi connectivity index (χ4v) is 1.33. The summed E-state index contributed by atoms with van der Waals surface area (Å²) in [7, 11) is 0. The topological polar surface area (TPSA) is 39.2 Å². The molecule has 2 nitrogen and oxygen atoms in total. The summed E-state index contributed by atoms with van der Waals surface area (Å²) in [5.74, 6) is 0. The first kappa shape index (κ1) is 6.73. The van der Waals surface area contributed by atoms with Crippen LogP contribution in [0.3, 0.4) is 0 Å². The van der Waals surface area contributed by atoms with Crippen molar-refractivity contribution < 1.29 is 4.42 Å². The molecule has 1 radical (unpaired) electrons. The van der Waals surface area contributed by atoms with Crippen molar-refractivity contribution in [3.8, 4) is 0 Å². The normalized spacial score (nSPS) is 10.6. The quantitative estimate of drug-likeness (QED) is 0.727. The van der Waals surface area contributed by atoms with Gasteiger partial charge in [0.1, 0.15) is 5.58 Å². The number of benzene rings is 1. The van der Waals surface area contributed by atoms with E-state index in [0.29, 0.717) is 5.69 Å². The Morgan fingerprint density at radius 2 is 2.27 bits per heavy atom. The number of fused-ring (bicyclic) bond motifs is 1. The van der Waals surface area contributed by atoms with Gasteiger partial charge in [0.05, 0.1) is 5.69 Å². The van der Waals surface area contributed by atoms with Gasteiger partial charge in [-0.1, -0.05) is 15.9 Å². The molecular weight excluding hydrogens is 206 g/mol. The molecule has 0 aliphatic heterocycles. The summed E-state index contributed by atoms with van der Waals surface area (Å²) < 4.78 is 6.02. The summed E-state index contributed by atoms with van der Waals surface area (Å²) in [6, 6.07) is 5.66. The third kappa shape index (κ3) is 1.01. The maximum absolute atomic E-state index is 5.57. The molecule has 0 amide bonds. The van der Waals surface area contributed by atoms with E-state index in [0.717, 1.165) is 15.4 Å². The van der Waals surface area contributed by atoms with Crippen LogP contribution in [0.1, 0.15) is 0 Å². The number of furan rings is 1. The van der Waals surface area contributed by atoms with Crippen LogP contribution in [0.15, 0.2) is 27.1 Å². The van der Waals surface area contributed by atoms with Crippen LogP contribution in [0.2, 0.25) is 0 Å². The second-order valence-electron chi connectivity index (χ2n) is 2.26. The third-order valence-electron chi connectivity index (χ3n) is 1.50. The molecule has 2 rings (SSSR count). The van der Waals surface area contributed by atoms with E-state index in [4.69, 9.17) is 10.2 Å². The highest BCUT2D eigenvalue weighted by Gasteiger charge is 2.02. The number of nitrogen functional groups attached to an aromatic ring is 1. The Bertz CT molecular complexity index is 394. The first-order valence-electron chi connectivity index (χ1n) is 3.12. The Kier molecular flexibility index (Phi) is 1.39. The minimum absolute atomic E-state index is 0.557. The summed E-state index contributed by atoms with van der Waals surface area (Å²) in [4.78, 5) is 0. The molecule has 0 bridgehead atoms. The predicted molar refractivity (Wildman–Crippen MR) is 47.2 cm³/mol. The fraction of sp³-hybridized carbons (Fsp3) is 0. The Balaban J connectivity index is 2.87. The summed E-state index contributed by atoms with van der Waals surface area (Å²) in [6.45, 7) is 0. The van der Waals surface area contributed by atoms with Crippen LogP contribution in [0.4, 0.5) is 5.69 Å². The highest BCUT2D eigenvalue weighted by Crippen LogP contribution is 2.25. The van der Waals surface area contributed by atoms with E-state index < -0.39 is 0 Å². The van der Waals surface area contributed by atoms with Gasteiger partial charge in [0, 0.05) is 9.86 Å². The lowest BCUT2D eigenvalue weighted by atomic mass is 10.2. The van der Waals surface area contributed by atoms with Gasteiger partial charge in [-0.2, -0.15) is 0 Å². The monoisotopic (exact) mass is 210 g/mol. The molecular formula is C8H5BrNO. The molecule has 2 N–H and O–H groups in total. The average molecular weight is 211 g/mol. The highest BCUT2D eigenvalue weighted by atomic mass is 79.9. The van der Waals surface area contributed by atoms with E-state index in [1.165, 1.54) is 0 Å². The van der Waals surface area contributed by atoms with Crippen LogP contribution >= 0.6 is 15.9 Å². The molecule has 1 aromatic heterocycles. The van der Waals surface area contributed by atoms with Gasteiger partial charge in [0.25, 0.3) is 0 Å². The molecule has 11 heavy (non-hydrogen) atoms. The van der Waals surface area contributed by atoms with Crippen LogP contribution < -0.4 is 5.73 Å². The first-order valence-corrected chi connectivity index (χ1v) is 3.92. The highest BCUT2D eigenvalue weighted by molar-refractivity contribution is 9.10. The summed E-state index contributed by atoms with van der Waals surface area (Å²) in [5, 5.41) is 0.902. The SMILES string of the molecule is Nc1[c]oc2ccc(Br)cc12. The number of hydrogen-bond acceptors (Lipinski definition) is 2. The van der Waals surface area contributed by atoms with Gasteiger partial charge in [-0.15, -0.1) is 0 Å². The lowest BCUT2D eigenvalue weighted by molar-refractivity contribution is 0.607. The summed E-state index contributed by atoms with van der Waals surface area (Å²) in [5.41, 5.74) is 6.90. The van der Waals surface area contributed by atoms with Crippen LogP contribution in [-0.2, 0) is 0 Å². The van der Waals surface area contributed by atoms with E-state index >= 15 is 0 Å². The predicted octanol–water partition coefficient (Wildman–Crippen LogP) is 2.58. The molecule has 0 saturated heterocycles. The standard InChI is InChI=1S/C8H5BrNO/c9-5-1-2-8-6(3-5)7(10)4-11-8/h1-3H,10H2. The van der Waals surface area contributed by atoms with Crippen LogP contribution in [0.25, 0.3) is 11.0 Å². The molecule has 55 valence electrons. The van der Waals surface area contributed by atoms with Gasteiger partial charge in [0.2, 0.25) is 0 Å². The van der Waals surface area contributed by atoms with Crippen LogP contribution in [0, 0.1) is 6.26 Å². The molecule has 1 heterocycles. The maximum atomic E-state index is 5.57. The Hall–Kier alpha value is -0.960. The van der Waals surface area contributed by atoms with Crippen LogP contribution in [-0.4, -0.2) is 0 Å². The van der Waals surface area contributed by atoms with Gasteiger partial charge in [0.15, 0.2) is 6.26 Å². The number of anilines is 1. The zero-order chi connectivity index (χ0) is 7.84. The molecule has 2 aromatic rings. The molecule has 0 aliphatic carbocycles. The zero-order valence-electron chi connectivity index (χ0n) is 5.60. The average Bonchev–Trinajstić information content (AvgIpc) is 2.33. The Morgan fingerprint density at radius 1 is 1.45 bits per heavy atom. The lowest BCUT2D eigenvalue weighted by Crippen LogP contribution is -1.79. The van der Waals surface area contributed by atoms with Crippen molar-refractivity contribution in [1.29, 1.82) is 0 Å². The van der Waals surface area contributed by atoms with Gasteiger partial charge < -0.3 is 10.2 Å². The van der Waals surface area contributed by atoms with Crippen molar-refractivity contribution in [2.75, 3.05) is 5.73 Å². The maximum Gasteiger partial charge on any atom is 0.195 e. The molecule has 0 unspecified atom stereocenters. The Morgan fingerprint density at radius 3 is 3.09 bits per heavy atom. The van der Waals surface area contributed by atoms with Crippen molar-refractivity contribution >= 4 is 32.6 Å². The number of rotatable bonds is 0. The molecule has 0 fully saturated rings. The fourth-order valence-electron chi connectivity index (χ4n) is 0.967. The number of nitrogens with two attached hydrogens (primary N) is 1. The molecule has 1 aromatic carbocycles. The largest absolute Gasteiger partial charge is 0.450 e. The Labute approximate surface area is 72.1 Å². The second-order valence-corrected chi connectivity index (χ2v) is 3.17. The molecule has 0 atom stereocenters. The lowest BCUT2D eigenvalue weighted by Gasteiger charge is -1.89. The smallest absolute Gasteiger partial charge is 0.195 e. The molecule has 0 saturated carbocycles. The summed E-state index contributed by atoms with van der Waals surface area (Å²) >= 11 is 3.34. The van der Waals surface area contributed by atoms with E-state index in [1.54, 1.807) is 0 Å². The van der Waals surface area contributed by atoms with E-state index in [2.05, 4.69) is 22.2 Å². The molecule has 0 aliphatic rings. The van der Waals surface area contributed by atoms with Gasteiger partial charge in [-0.3, -0.25) is 0 Å². The summed E-state index contributed by atoms with van der Waals surface area (Å²) in [6.07, 6.45) is 2.59. The van der Waals surface area contributed by atoms with E-state index in [-0.39, 0.29) is 0 Å². The number of hydrogen-bond donors (Lipinski definition) is 1. The molecule has 0 spiro atoms. The molecule has 3 heteroatoms. The minimum Gasteiger partial charge on any atom is -0.450 e.